The van der Waals surface area contributed by atoms with Gasteiger partial charge in [0.05, 0.1) is 13.2 Å². The Morgan fingerprint density at radius 1 is 1.05 bits per heavy atom. The quantitative estimate of drug-likeness (QED) is 0.519. The fourth-order valence-corrected chi connectivity index (χ4v) is 4.95. The molecule has 9 nitrogen and oxygen atoms in total. The van der Waals surface area contributed by atoms with Crippen molar-refractivity contribution in [2.75, 3.05) is 33.3 Å². The smallest absolute Gasteiger partial charge is 0.311 e. The number of hydrogen-bond donors (Lipinski definition) is 1. The van der Waals surface area contributed by atoms with Crippen LogP contribution >= 0.6 is 0 Å². The van der Waals surface area contributed by atoms with Crippen molar-refractivity contribution in [3.8, 4) is 23.0 Å². The predicted molar refractivity (Wildman–Crippen MR) is 137 cm³/mol. The Labute approximate surface area is 217 Å². The van der Waals surface area contributed by atoms with E-state index in [1.807, 2.05) is 24.3 Å². The van der Waals surface area contributed by atoms with E-state index in [0.29, 0.717) is 25.5 Å². The van der Waals surface area contributed by atoms with Crippen molar-refractivity contribution in [3.05, 3.63) is 60.0 Å². The summed E-state index contributed by atoms with van der Waals surface area (Å²) in [6.07, 6.45) is 1.21. The first-order valence-corrected chi connectivity index (χ1v) is 12.7. The van der Waals surface area contributed by atoms with Gasteiger partial charge in [0.1, 0.15) is 17.6 Å². The Bertz CT molecular complexity index is 1200. The highest BCUT2D eigenvalue weighted by Gasteiger charge is 2.37. The van der Waals surface area contributed by atoms with E-state index in [4.69, 9.17) is 13.9 Å². The minimum absolute atomic E-state index is 0.00492. The number of ether oxygens (including phenoxy) is 2. The number of aromatic nitrogens is 2. The highest BCUT2D eigenvalue weighted by Crippen LogP contribution is 2.31. The van der Waals surface area contributed by atoms with Crippen molar-refractivity contribution in [3.63, 3.8) is 0 Å². The lowest BCUT2D eigenvalue weighted by molar-refractivity contribution is 0.0560. The normalized spacial score (nSPS) is 20.2. The van der Waals surface area contributed by atoms with E-state index in [1.54, 1.807) is 24.1 Å². The molecule has 5 rings (SSSR count). The Kier molecular flexibility index (Phi) is 7.17. The van der Waals surface area contributed by atoms with Crippen molar-refractivity contribution in [1.29, 1.82) is 0 Å². The second-order valence-corrected chi connectivity index (χ2v) is 10.6. The van der Waals surface area contributed by atoms with Gasteiger partial charge in [-0.1, -0.05) is 26.0 Å². The third kappa shape index (κ3) is 5.78. The van der Waals surface area contributed by atoms with Gasteiger partial charge >= 0.3 is 11.8 Å². The Hall–Kier alpha value is -3.43. The number of piperidine rings is 1. The van der Waals surface area contributed by atoms with Crippen LogP contribution in [0.4, 0.5) is 0 Å². The molecule has 0 radical (unpaired) electrons. The zero-order valence-electron chi connectivity index (χ0n) is 21.6. The van der Waals surface area contributed by atoms with E-state index in [0.717, 1.165) is 43.0 Å². The summed E-state index contributed by atoms with van der Waals surface area (Å²) in [6.45, 7) is 7.75. The lowest BCUT2D eigenvalue weighted by atomic mass is 9.90. The lowest BCUT2D eigenvalue weighted by Gasteiger charge is -2.31. The highest BCUT2D eigenvalue weighted by molar-refractivity contribution is 5.89. The summed E-state index contributed by atoms with van der Waals surface area (Å²) in [7, 11) is 1.60. The third-order valence-corrected chi connectivity index (χ3v) is 7.27. The number of carbonyl (C=O) groups is 1. The average molecular weight is 507 g/mol. The van der Waals surface area contributed by atoms with E-state index in [1.165, 1.54) is 5.56 Å². The van der Waals surface area contributed by atoms with Gasteiger partial charge < -0.3 is 23.9 Å². The number of aliphatic hydroxyl groups excluding tert-OH is 1. The Morgan fingerprint density at radius 2 is 1.73 bits per heavy atom. The molecule has 1 N–H and O–H groups in total. The largest absolute Gasteiger partial charge is 0.497 e. The van der Waals surface area contributed by atoms with Crippen LogP contribution in [0.5, 0.6) is 11.5 Å². The van der Waals surface area contributed by atoms with Crippen molar-refractivity contribution < 1.29 is 23.8 Å². The molecule has 3 aromatic rings. The molecule has 1 atom stereocenters. The van der Waals surface area contributed by atoms with Crippen molar-refractivity contribution in [2.24, 2.45) is 5.41 Å². The van der Waals surface area contributed by atoms with Gasteiger partial charge in [-0.3, -0.25) is 9.69 Å². The van der Waals surface area contributed by atoms with Crippen LogP contribution in [0.15, 0.2) is 52.9 Å². The maximum atomic E-state index is 12.9. The molecule has 2 aromatic carbocycles. The number of likely N-dealkylation sites (tertiary alicyclic amines) is 2. The number of nitrogens with zero attached hydrogens (tertiary/aromatic N) is 4. The summed E-state index contributed by atoms with van der Waals surface area (Å²) in [5.41, 5.74) is 1.86. The molecule has 1 amide bonds. The van der Waals surface area contributed by atoms with E-state index in [2.05, 4.69) is 41.1 Å². The molecule has 2 aliphatic rings. The number of methoxy groups -OCH3 is 1. The maximum Gasteiger partial charge on any atom is 0.311 e. The molecule has 0 saturated carbocycles. The monoisotopic (exact) mass is 506 g/mol. The van der Waals surface area contributed by atoms with Gasteiger partial charge in [0, 0.05) is 56.5 Å². The third-order valence-electron chi connectivity index (χ3n) is 7.27. The number of aliphatic hydroxyl groups is 1. The van der Waals surface area contributed by atoms with Gasteiger partial charge in [-0.15, -0.1) is 10.2 Å². The standard InChI is InChI=1S/C28H34N4O5/c1-28(2)18-31(17-24(28)33)16-19-4-8-22(9-5-19)36-23-12-14-32(15-13-23)27(34)26-30-29-25(37-26)20-6-10-21(35-3)11-7-20/h4-11,23-24,33H,12-18H2,1-3H3. The summed E-state index contributed by atoms with van der Waals surface area (Å²) in [4.78, 5) is 16.9. The van der Waals surface area contributed by atoms with Crippen LogP contribution in [0, 0.1) is 5.41 Å². The van der Waals surface area contributed by atoms with Crippen LogP contribution in [0.2, 0.25) is 0 Å². The van der Waals surface area contributed by atoms with Crippen LogP contribution in [0.1, 0.15) is 42.9 Å². The molecule has 9 heteroatoms. The highest BCUT2D eigenvalue weighted by atomic mass is 16.5. The molecule has 3 heterocycles. The first-order chi connectivity index (χ1) is 17.8. The molecule has 0 aliphatic carbocycles. The van der Waals surface area contributed by atoms with Crippen LogP contribution in [0.3, 0.4) is 0 Å². The summed E-state index contributed by atoms with van der Waals surface area (Å²) in [6, 6.07) is 15.4. The second-order valence-electron chi connectivity index (χ2n) is 10.6. The van der Waals surface area contributed by atoms with Gasteiger partial charge in [-0.25, -0.2) is 0 Å². The molecule has 2 fully saturated rings. The van der Waals surface area contributed by atoms with E-state index < -0.39 is 0 Å². The number of amides is 1. The summed E-state index contributed by atoms with van der Waals surface area (Å²) >= 11 is 0. The van der Waals surface area contributed by atoms with Crippen molar-refractivity contribution in [2.45, 2.75) is 45.4 Å². The van der Waals surface area contributed by atoms with Crippen LogP contribution in [-0.4, -0.2) is 76.5 Å². The topological polar surface area (TPSA) is 101 Å². The first-order valence-electron chi connectivity index (χ1n) is 12.7. The number of carbonyl (C=O) groups excluding carboxylic acids is 1. The summed E-state index contributed by atoms with van der Waals surface area (Å²) in [5.74, 6) is 1.60. The van der Waals surface area contributed by atoms with Gasteiger partial charge in [-0.05, 0) is 42.0 Å². The zero-order valence-corrected chi connectivity index (χ0v) is 21.6. The van der Waals surface area contributed by atoms with Gasteiger partial charge in [0.15, 0.2) is 0 Å². The number of β-amino-alcohol motifs (C(OH)–C–C–N with tert-alkyl or cyclic N) is 1. The minimum Gasteiger partial charge on any atom is -0.497 e. The molecule has 2 aliphatic heterocycles. The summed E-state index contributed by atoms with van der Waals surface area (Å²) < 4.78 is 17.0. The Morgan fingerprint density at radius 3 is 2.35 bits per heavy atom. The van der Waals surface area contributed by atoms with Gasteiger partial charge in [0.25, 0.3) is 0 Å². The molecule has 196 valence electrons. The minimum atomic E-state index is -0.289. The molecular weight excluding hydrogens is 472 g/mol. The molecule has 0 spiro atoms. The van der Waals surface area contributed by atoms with E-state index >= 15 is 0 Å². The molecule has 0 bridgehead atoms. The molecule has 1 aromatic heterocycles. The first kappa shape index (κ1) is 25.2. The van der Waals surface area contributed by atoms with E-state index in [9.17, 15) is 9.90 Å². The predicted octanol–water partition coefficient (Wildman–Crippen LogP) is 3.63. The van der Waals surface area contributed by atoms with Crippen molar-refractivity contribution >= 4 is 5.91 Å². The van der Waals surface area contributed by atoms with Crippen LogP contribution < -0.4 is 9.47 Å². The number of rotatable bonds is 7. The molecular formula is C28H34N4O5. The molecule has 1 unspecified atom stereocenters. The van der Waals surface area contributed by atoms with Gasteiger partial charge in [0.2, 0.25) is 5.89 Å². The van der Waals surface area contributed by atoms with Gasteiger partial charge in [-0.2, -0.15) is 0 Å². The van der Waals surface area contributed by atoms with E-state index in [-0.39, 0.29) is 29.4 Å². The maximum absolute atomic E-state index is 12.9. The number of benzene rings is 2. The fraction of sp³-hybridized carbons (Fsp3) is 0.464. The SMILES string of the molecule is COc1ccc(-c2nnc(C(=O)N3CCC(Oc4ccc(CN5CC(O)C(C)(C)C5)cc4)CC3)o2)cc1. The Balaban J connectivity index is 1.10. The fourth-order valence-electron chi connectivity index (χ4n) is 4.95. The lowest BCUT2D eigenvalue weighted by Crippen LogP contribution is -2.41. The zero-order chi connectivity index (χ0) is 26.0. The second kappa shape index (κ2) is 10.5. The molecule has 2 saturated heterocycles. The van der Waals surface area contributed by atoms with Crippen LogP contribution in [-0.2, 0) is 6.54 Å². The van der Waals surface area contributed by atoms with Crippen molar-refractivity contribution in [1.82, 2.24) is 20.0 Å². The molecule has 37 heavy (non-hydrogen) atoms. The average Bonchev–Trinajstić information content (AvgIpc) is 3.49. The van der Waals surface area contributed by atoms with Crippen LogP contribution in [0.25, 0.3) is 11.5 Å². The number of hydrogen-bond acceptors (Lipinski definition) is 8. The summed E-state index contributed by atoms with van der Waals surface area (Å²) in [5, 5.41) is 18.2.